The number of hydrogen-bond acceptors (Lipinski definition) is 6. The molecule has 0 unspecified atom stereocenters. The molecule has 0 amide bonds. The number of aryl methyl sites for hydroxylation is 1. The van der Waals surface area contributed by atoms with Crippen LogP contribution in [-0.2, 0) is 6.54 Å². The minimum Gasteiger partial charge on any atom is -0.497 e. The molecule has 3 rings (SSSR count). The van der Waals surface area contributed by atoms with E-state index in [0.717, 1.165) is 38.5 Å². The van der Waals surface area contributed by atoms with Crippen LogP contribution >= 0.6 is 0 Å². The summed E-state index contributed by atoms with van der Waals surface area (Å²) in [6.45, 7) is 6.54. The number of benzene rings is 1. The second-order valence-corrected chi connectivity index (χ2v) is 5.18. The fourth-order valence-corrected chi connectivity index (χ4v) is 2.55. The van der Waals surface area contributed by atoms with E-state index in [1.807, 2.05) is 19.1 Å². The number of methoxy groups -OCH3 is 1. The summed E-state index contributed by atoms with van der Waals surface area (Å²) in [4.78, 5) is 4.72. The number of ether oxygens (including phenoxy) is 1. The normalized spacial score (nSPS) is 16.2. The molecular weight excluding hydrogens is 268 g/mol. The first-order valence-electron chi connectivity index (χ1n) is 7.15. The van der Waals surface area contributed by atoms with Crippen LogP contribution in [0.4, 0.5) is 5.69 Å². The summed E-state index contributed by atoms with van der Waals surface area (Å²) >= 11 is 0. The highest BCUT2D eigenvalue weighted by Crippen LogP contribution is 2.20. The van der Waals surface area contributed by atoms with E-state index in [-0.39, 0.29) is 0 Å². The van der Waals surface area contributed by atoms with Gasteiger partial charge >= 0.3 is 0 Å². The molecule has 1 aliphatic heterocycles. The van der Waals surface area contributed by atoms with Crippen LogP contribution in [0.15, 0.2) is 28.7 Å². The molecule has 6 nitrogen and oxygen atoms in total. The van der Waals surface area contributed by atoms with Crippen LogP contribution in [-0.4, -0.2) is 48.4 Å². The molecule has 21 heavy (non-hydrogen) atoms. The molecule has 1 aromatic carbocycles. The third-order valence-electron chi connectivity index (χ3n) is 3.74. The van der Waals surface area contributed by atoms with Crippen LogP contribution in [0.5, 0.6) is 5.75 Å². The third-order valence-corrected chi connectivity index (χ3v) is 3.74. The fourth-order valence-electron chi connectivity index (χ4n) is 2.55. The second-order valence-electron chi connectivity index (χ2n) is 5.18. The summed E-state index contributed by atoms with van der Waals surface area (Å²) in [5.74, 6) is 2.22. The van der Waals surface area contributed by atoms with Gasteiger partial charge in [0.1, 0.15) is 5.75 Å². The van der Waals surface area contributed by atoms with Crippen molar-refractivity contribution in [3.8, 4) is 5.75 Å². The first kappa shape index (κ1) is 13.9. The van der Waals surface area contributed by atoms with Crippen LogP contribution in [0.25, 0.3) is 0 Å². The summed E-state index contributed by atoms with van der Waals surface area (Å²) in [7, 11) is 1.69. The molecule has 112 valence electrons. The average molecular weight is 288 g/mol. The molecular formula is C15H20N4O2. The molecule has 1 fully saturated rings. The van der Waals surface area contributed by atoms with E-state index in [9.17, 15) is 0 Å². The lowest BCUT2D eigenvalue weighted by molar-refractivity contribution is 0.225. The van der Waals surface area contributed by atoms with Gasteiger partial charge in [-0.25, -0.2) is 0 Å². The van der Waals surface area contributed by atoms with E-state index in [1.54, 1.807) is 7.11 Å². The SMILES string of the molecule is COc1ccc(N2CCN(Cc3nnc(C)o3)CC2)cc1. The summed E-state index contributed by atoms with van der Waals surface area (Å²) in [5.41, 5.74) is 1.24. The van der Waals surface area contributed by atoms with Gasteiger partial charge in [0.05, 0.1) is 13.7 Å². The largest absolute Gasteiger partial charge is 0.497 e. The average Bonchev–Trinajstić information content (AvgIpc) is 2.93. The van der Waals surface area contributed by atoms with E-state index < -0.39 is 0 Å². The molecule has 2 aromatic rings. The van der Waals surface area contributed by atoms with Crippen molar-refractivity contribution in [2.24, 2.45) is 0 Å². The van der Waals surface area contributed by atoms with Crippen molar-refractivity contribution < 1.29 is 9.15 Å². The van der Waals surface area contributed by atoms with Gasteiger partial charge in [0.2, 0.25) is 11.8 Å². The zero-order valence-corrected chi connectivity index (χ0v) is 12.5. The molecule has 2 heterocycles. The number of nitrogens with zero attached hydrogens (tertiary/aromatic N) is 4. The molecule has 0 atom stereocenters. The van der Waals surface area contributed by atoms with Gasteiger partial charge < -0.3 is 14.1 Å². The number of hydrogen-bond donors (Lipinski definition) is 0. The van der Waals surface area contributed by atoms with Crippen LogP contribution < -0.4 is 9.64 Å². The highest BCUT2D eigenvalue weighted by Gasteiger charge is 2.19. The number of rotatable bonds is 4. The Labute approximate surface area is 124 Å². The van der Waals surface area contributed by atoms with Gasteiger partial charge in [-0.2, -0.15) is 0 Å². The zero-order valence-electron chi connectivity index (χ0n) is 12.5. The van der Waals surface area contributed by atoms with E-state index in [2.05, 4.69) is 32.1 Å². The van der Waals surface area contributed by atoms with Crippen LogP contribution in [0, 0.1) is 6.92 Å². The summed E-state index contributed by atoms with van der Waals surface area (Å²) < 4.78 is 10.6. The maximum atomic E-state index is 5.43. The highest BCUT2D eigenvalue weighted by atomic mass is 16.5. The number of anilines is 1. The zero-order chi connectivity index (χ0) is 14.7. The smallest absolute Gasteiger partial charge is 0.230 e. The topological polar surface area (TPSA) is 54.6 Å². The predicted octanol–water partition coefficient (Wildman–Crippen LogP) is 1.71. The second kappa shape index (κ2) is 6.13. The van der Waals surface area contributed by atoms with Crippen molar-refractivity contribution in [3.63, 3.8) is 0 Å². The third kappa shape index (κ3) is 3.33. The lowest BCUT2D eigenvalue weighted by Gasteiger charge is -2.35. The Kier molecular flexibility index (Phi) is 4.06. The molecule has 1 aliphatic rings. The summed E-state index contributed by atoms with van der Waals surface area (Å²) in [5, 5.41) is 7.92. The van der Waals surface area contributed by atoms with Gasteiger partial charge in [-0.15, -0.1) is 10.2 Å². The minimum atomic E-state index is 0.627. The van der Waals surface area contributed by atoms with Gasteiger partial charge in [-0.3, -0.25) is 4.90 Å². The molecule has 0 radical (unpaired) electrons. The van der Waals surface area contributed by atoms with Gasteiger partial charge in [-0.05, 0) is 24.3 Å². The Hall–Kier alpha value is -2.08. The summed E-state index contributed by atoms with van der Waals surface area (Å²) in [6.07, 6.45) is 0. The van der Waals surface area contributed by atoms with Crippen LogP contribution in [0.2, 0.25) is 0 Å². The molecule has 1 aromatic heterocycles. The molecule has 0 saturated carbocycles. The number of aromatic nitrogens is 2. The lowest BCUT2D eigenvalue weighted by atomic mass is 10.2. The Morgan fingerprint density at radius 3 is 2.38 bits per heavy atom. The van der Waals surface area contributed by atoms with Crippen molar-refractivity contribution in [1.29, 1.82) is 0 Å². The molecule has 1 saturated heterocycles. The minimum absolute atomic E-state index is 0.627. The Bertz CT molecular complexity index is 574. The lowest BCUT2D eigenvalue weighted by Crippen LogP contribution is -2.46. The molecule has 0 N–H and O–H groups in total. The molecule has 0 spiro atoms. The standard InChI is InChI=1S/C15H20N4O2/c1-12-16-17-15(21-12)11-18-7-9-19(10-8-18)13-3-5-14(20-2)6-4-13/h3-6H,7-11H2,1-2H3. The molecule has 6 heteroatoms. The van der Waals surface area contributed by atoms with Crippen molar-refractivity contribution in [2.75, 3.05) is 38.2 Å². The predicted molar refractivity (Wildman–Crippen MR) is 79.5 cm³/mol. The van der Waals surface area contributed by atoms with Crippen LogP contribution in [0.1, 0.15) is 11.8 Å². The maximum Gasteiger partial charge on any atom is 0.230 e. The Balaban J connectivity index is 1.54. The van der Waals surface area contributed by atoms with Crippen LogP contribution in [0.3, 0.4) is 0 Å². The fraction of sp³-hybridized carbons (Fsp3) is 0.467. The van der Waals surface area contributed by atoms with Crippen molar-refractivity contribution in [3.05, 3.63) is 36.0 Å². The van der Waals surface area contributed by atoms with Gasteiger partial charge in [0, 0.05) is 38.8 Å². The molecule has 0 bridgehead atoms. The van der Waals surface area contributed by atoms with Crippen molar-refractivity contribution in [1.82, 2.24) is 15.1 Å². The Morgan fingerprint density at radius 2 is 1.81 bits per heavy atom. The van der Waals surface area contributed by atoms with E-state index >= 15 is 0 Å². The highest BCUT2D eigenvalue weighted by molar-refractivity contribution is 5.49. The van der Waals surface area contributed by atoms with E-state index in [1.165, 1.54) is 5.69 Å². The van der Waals surface area contributed by atoms with Crippen molar-refractivity contribution >= 4 is 5.69 Å². The number of piperazine rings is 1. The molecule has 0 aliphatic carbocycles. The van der Waals surface area contributed by atoms with Gasteiger partial charge in [0.15, 0.2) is 0 Å². The quantitative estimate of drug-likeness (QED) is 0.853. The van der Waals surface area contributed by atoms with Crippen molar-refractivity contribution in [2.45, 2.75) is 13.5 Å². The summed E-state index contributed by atoms with van der Waals surface area (Å²) in [6, 6.07) is 8.22. The maximum absolute atomic E-state index is 5.43. The van der Waals surface area contributed by atoms with E-state index in [0.29, 0.717) is 11.8 Å². The first-order valence-corrected chi connectivity index (χ1v) is 7.15. The van der Waals surface area contributed by atoms with E-state index in [4.69, 9.17) is 9.15 Å². The van der Waals surface area contributed by atoms with Gasteiger partial charge in [-0.1, -0.05) is 0 Å². The monoisotopic (exact) mass is 288 g/mol. The first-order chi connectivity index (χ1) is 10.2. The Morgan fingerprint density at radius 1 is 1.10 bits per heavy atom. The van der Waals surface area contributed by atoms with Gasteiger partial charge in [0.25, 0.3) is 0 Å².